The third kappa shape index (κ3) is 4.29. The highest BCUT2D eigenvalue weighted by Crippen LogP contribution is 2.22. The zero-order valence-corrected chi connectivity index (χ0v) is 12.6. The van der Waals surface area contributed by atoms with Crippen molar-refractivity contribution < 1.29 is 9.59 Å². The van der Waals surface area contributed by atoms with Gasteiger partial charge in [-0.15, -0.1) is 0 Å². The zero-order valence-electron chi connectivity index (χ0n) is 12.6. The molecular weight excluding hydrogens is 266 g/mol. The van der Waals surface area contributed by atoms with E-state index in [2.05, 4.69) is 22.0 Å². The average Bonchev–Trinajstić information content (AvgIpc) is 2.45. The molecule has 5 nitrogen and oxygen atoms in total. The maximum atomic E-state index is 12.3. The summed E-state index contributed by atoms with van der Waals surface area (Å²) in [4.78, 5) is 23.8. The molecule has 2 rings (SSSR count). The first-order chi connectivity index (χ1) is 10.1. The molecule has 0 radical (unpaired) electrons. The van der Waals surface area contributed by atoms with Crippen LogP contribution in [-0.2, 0) is 16.0 Å². The van der Waals surface area contributed by atoms with E-state index in [-0.39, 0.29) is 23.9 Å². The smallest absolute Gasteiger partial charge is 0.241 e. The number of rotatable bonds is 5. The molecular formula is C16H23N3O2. The van der Waals surface area contributed by atoms with Crippen molar-refractivity contribution in [3.63, 3.8) is 0 Å². The van der Waals surface area contributed by atoms with Crippen molar-refractivity contribution in [2.45, 2.75) is 38.8 Å². The monoisotopic (exact) mass is 289 g/mol. The van der Waals surface area contributed by atoms with Gasteiger partial charge in [-0.3, -0.25) is 9.59 Å². The maximum absolute atomic E-state index is 12.3. The van der Waals surface area contributed by atoms with Crippen molar-refractivity contribution in [3.8, 4) is 0 Å². The number of benzene rings is 1. The molecule has 0 saturated heterocycles. The van der Waals surface area contributed by atoms with E-state index >= 15 is 0 Å². The molecule has 1 aromatic rings. The summed E-state index contributed by atoms with van der Waals surface area (Å²) >= 11 is 0. The molecule has 2 amide bonds. The van der Waals surface area contributed by atoms with Gasteiger partial charge in [0.05, 0.1) is 0 Å². The van der Waals surface area contributed by atoms with Crippen molar-refractivity contribution in [2.24, 2.45) is 0 Å². The third-order valence-electron chi connectivity index (χ3n) is 3.47. The van der Waals surface area contributed by atoms with Crippen LogP contribution in [0.2, 0.25) is 0 Å². The van der Waals surface area contributed by atoms with Crippen LogP contribution in [0.25, 0.3) is 0 Å². The van der Waals surface area contributed by atoms with Gasteiger partial charge in [0, 0.05) is 25.6 Å². The molecule has 1 atom stereocenters. The van der Waals surface area contributed by atoms with E-state index in [0.717, 1.165) is 18.5 Å². The lowest BCUT2D eigenvalue weighted by Gasteiger charge is -2.26. The second-order valence-electron chi connectivity index (χ2n) is 5.60. The number of fused-ring (bicyclic) bond motifs is 1. The minimum atomic E-state index is -0.317. The molecule has 0 saturated carbocycles. The molecule has 0 fully saturated rings. The first-order valence-corrected chi connectivity index (χ1v) is 7.46. The Balaban J connectivity index is 1.86. The van der Waals surface area contributed by atoms with E-state index in [1.54, 1.807) is 0 Å². The van der Waals surface area contributed by atoms with Gasteiger partial charge in [-0.05, 0) is 31.4 Å². The molecule has 0 aliphatic carbocycles. The van der Waals surface area contributed by atoms with Crippen molar-refractivity contribution in [3.05, 3.63) is 35.4 Å². The Morgan fingerprint density at radius 1 is 1.33 bits per heavy atom. The van der Waals surface area contributed by atoms with Crippen LogP contribution in [0.1, 0.15) is 37.4 Å². The highest BCUT2D eigenvalue weighted by atomic mass is 16.2. The molecule has 0 aromatic heterocycles. The van der Waals surface area contributed by atoms with Gasteiger partial charge in [-0.25, -0.2) is 0 Å². The summed E-state index contributed by atoms with van der Waals surface area (Å²) in [6.07, 6.45) is 1.25. The van der Waals surface area contributed by atoms with Crippen LogP contribution in [0.4, 0.5) is 0 Å². The second kappa shape index (κ2) is 7.22. The van der Waals surface area contributed by atoms with Crippen LogP contribution in [0, 0.1) is 0 Å². The molecule has 21 heavy (non-hydrogen) atoms. The van der Waals surface area contributed by atoms with E-state index in [9.17, 15) is 9.59 Å². The van der Waals surface area contributed by atoms with Crippen LogP contribution in [0.3, 0.4) is 0 Å². The first-order valence-electron chi connectivity index (χ1n) is 7.46. The third-order valence-corrected chi connectivity index (χ3v) is 3.47. The molecule has 0 spiro atoms. The number of nitrogens with one attached hydrogen (secondary N) is 3. The summed E-state index contributed by atoms with van der Waals surface area (Å²) in [5.41, 5.74) is 2.25. The van der Waals surface area contributed by atoms with Gasteiger partial charge < -0.3 is 16.0 Å². The summed E-state index contributed by atoms with van der Waals surface area (Å²) in [6.45, 7) is 4.99. The predicted octanol–water partition coefficient (Wildman–Crippen LogP) is 0.904. The van der Waals surface area contributed by atoms with Crippen molar-refractivity contribution in [2.75, 3.05) is 13.1 Å². The Morgan fingerprint density at radius 3 is 2.86 bits per heavy atom. The van der Waals surface area contributed by atoms with Crippen LogP contribution < -0.4 is 16.0 Å². The molecule has 1 aliphatic heterocycles. The fourth-order valence-electron chi connectivity index (χ4n) is 2.53. The highest BCUT2D eigenvalue weighted by molar-refractivity contribution is 5.84. The van der Waals surface area contributed by atoms with Crippen LogP contribution >= 0.6 is 0 Å². The van der Waals surface area contributed by atoms with Crippen molar-refractivity contribution in [1.82, 2.24) is 16.0 Å². The summed E-state index contributed by atoms with van der Waals surface area (Å²) in [5, 5.41) is 8.87. The molecule has 1 aromatic carbocycles. The Hall–Kier alpha value is -1.88. The summed E-state index contributed by atoms with van der Waals surface area (Å²) in [6, 6.07) is 7.80. The largest absolute Gasteiger partial charge is 0.354 e. The Bertz CT molecular complexity index is 514. The number of hydrogen-bond donors (Lipinski definition) is 3. The SMILES string of the molecule is CC(C)NC(=O)CCNC(=O)C1NCCc2ccccc21. The summed E-state index contributed by atoms with van der Waals surface area (Å²) in [5.74, 6) is -0.109. The minimum Gasteiger partial charge on any atom is -0.354 e. The van der Waals surface area contributed by atoms with Crippen molar-refractivity contribution >= 4 is 11.8 Å². The number of hydrogen-bond acceptors (Lipinski definition) is 3. The number of carbonyl (C=O) groups is 2. The Morgan fingerprint density at radius 2 is 2.10 bits per heavy atom. The van der Waals surface area contributed by atoms with Gasteiger partial charge in [0.25, 0.3) is 0 Å². The lowest BCUT2D eigenvalue weighted by atomic mass is 9.94. The number of amides is 2. The lowest BCUT2D eigenvalue weighted by molar-refractivity contribution is -0.124. The topological polar surface area (TPSA) is 70.2 Å². The molecule has 1 aliphatic rings. The van der Waals surface area contributed by atoms with Crippen LogP contribution in [0.15, 0.2) is 24.3 Å². The van der Waals surface area contributed by atoms with Gasteiger partial charge >= 0.3 is 0 Å². The van der Waals surface area contributed by atoms with E-state index in [4.69, 9.17) is 0 Å². The normalized spacial score (nSPS) is 17.2. The van der Waals surface area contributed by atoms with Gasteiger partial charge in [0.15, 0.2) is 0 Å². The van der Waals surface area contributed by atoms with Gasteiger partial charge in [-0.2, -0.15) is 0 Å². The Labute approximate surface area is 125 Å². The van der Waals surface area contributed by atoms with E-state index in [0.29, 0.717) is 13.0 Å². The zero-order chi connectivity index (χ0) is 15.2. The highest BCUT2D eigenvalue weighted by Gasteiger charge is 2.25. The predicted molar refractivity (Wildman–Crippen MR) is 81.8 cm³/mol. The average molecular weight is 289 g/mol. The second-order valence-corrected chi connectivity index (χ2v) is 5.60. The van der Waals surface area contributed by atoms with E-state index < -0.39 is 0 Å². The van der Waals surface area contributed by atoms with E-state index in [1.165, 1.54) is 5.56 Å². The lowest BCUT2D eigenvalue weighted by Crippen LogP contribution is -2.42. The standard InChI is InChI=1S/C16H23N3O2/c1-11(2)19-14(20)8-10-18-16(21)15-13-6-4-3-5-12(13)7-9-17-15/h3-6,11,15,17H,7-10H2,1-2H3,(H,18,21)(H,19,20). The molecule has 1 unspecified atom stereocenters. The quantitative estimate of drug-likeness (QED) is 0.754. The van der Waals surface area contributed by atoms with Crippen LogP contribution in [-0.4, -0.2) is 30.9 Å². The van der Waals surface area contributed by atoms with Gasteiger partial charge in [0.1, 0.15) is 6.04 Å². The molecule has 114 valence electrons. The fourth-order valence-corrected chi connectivity index (χ4v) is 2.53. The maximum Gasteiger partial charge on any atom is 0.241 e. The molecule has 5 heteroatoms. The first kappa shape index (κ1) is 15.5. The summed E-state index contributed by atoms with van der Waals surface area (Å²) < 4.78 is 0. The minimum absolute atomic E-state index is 0.0395. The van der Waals surface area contributed by atoms with Crippen LogP contribution in [0.5, 0.6) is 0 Å². The molecule has 0 bridgehead atoms. The molecule has 1 heterocycles. The van der Waals surface area contributed by atoms with Crippen molar-refractivity contribution in [1.29, 1.82) is 0 Å². The van der Waals surface area contributed by atoms with Gasteiger partial charge in [0.2, 0.25) is 11.8 Å². The van der Waals surface area contributed by atoms with E-state index in [1.807, 2.05) is 32.0 Å². The summed E-state index contributed by atoms with van der Waals surface area (Å²) in [7, 11) is 0. The number of carbonyl (C=O) groups excluding carboxylic acids is 2. The van der Waals surface area contributed by atoms with Gasteiger partial charge in [-0.1, -0.05) is 24.3 Å². The Kier molecular flexibility index (Phi) is 5.33. The fraction of sp³-hybridized carbons (Fsp3) is 0.500. The molecule has 3 N–H and O–H groups in total.